The van der Waals surface area contributed by atoms with E-state index in [0.717, 1.165) is 63.4 Å². The van der Waals surface area contributed by atoms with Crippen LogP contribution in [0, 0.1) is 0 Å². The zero-order valence-corrected chi connectivity index (χ0v) is 15.0. The van der Waals surface area contributed by atoms with E-state index in [1.165, 1.54) is 0 Å². The number of hydrogen-bond acceptors (Lipinski definition) is 8. The van der Waals surface area contributed by atoms with Gasteiger partial charge in [-0.3, -0.25) is 0 Å². The Morgan fingerprint density at radius 3 is 2.28 bits per heavy atom. The Labute approximate surface area is 148 Å². The van der Waals surface area contributed by atoms with Crippen LogP contribution in [0.2, 0.25) is 0 Å². The molecular formula is C17H26N8. The molecule has 25 heavy (non-hydrogen) atoms. The molecule has 0 unspecified atom stereocenters. The highest BCUT2D eigenvalue weighted by molar-refractivity contribution is 5.43. The minimum atomic E-state index is 0.784. The maximum Gasteiger partial charge on any atom is 0.227 e. The van der Waals surface area contributed by atoms with Crippen molar-refractivity contribution in [2.45, 2.75) is 6.42 Å². The van der Waals surface area contributed by atoms with Crippen LogP contribution in [0.1, 0.15) is 6.42 Å². The Bertz CT molecular complexity index is 640. The lowest BCUT2D eigenvalue weighted by Crippen LogP contribution is -2.47. The molecule has 1 N–H and O–H groups in total. The molecule has 0 bridgehead atoms. The molecular weight excluding hydrogens is 316 g/mol. The van der Waals surface area contributed by atoms with Crippen molar-refractivity contribution in [3.8, 4) is 0 Å². The third kappa shape index (κ3) is 4.99. The lowest BCUT2D eigenvalue weighted by molar-refractivity contribution is 0.405. The van der Waals surface area contributed by atoms with Crippen molar-refractivity contribution < 1.29 is 0 Å². The summed E-state index contributed by atoms with van der Waals surface area (Å²) in [5.74, 6) is 2.46. The Balaban J connectivity index is 1.52. The van der Waals surface area contributed by atoms with Crippen LogP contribution >= 0.6 is 0 Å². The molecule has 0 atom stereocenters. The van der Waals surface area contributed by atoms with Gasteiger partial charge in [-0.25, -0.2) is 15.0 Å². The summed E-state index contributed by atoms with van der Waals surface area (Å²) < 4.78 is 0. The average Bonchev–Trinajstić information content (AvgIpc) is 2.66. The van der Waals surface area contributed by atoms with Crippen LogP contribution in [0.25, 0.3) is 0 Å². The molecule has 1 fully saturated rings. The Hall–Kier alpha value is -2.48. The van der Waals surface area contributed by atoms with Gasteiger partial charge in [0.15, 0.2) is 0 Å². The highest BCUT2D eigenvalue weighted by Gasteiger charge is 2.20. The fourth-order valence-electron chi connectivity index (χ4n) is 2.77. The predicted molar refractivity (Wildman–Crippen MR) is 100 cm³/mol. The van der Waals surface area contributed by atoms with Crippen LogP contribution in [0.4, 0.5) is 17.7 Å². The molecule has 8 nitrogen and oxygen atoms in total. The summed E-state index contributed by atoms with van der Waals surface area (Å²) in [6.07, 6.45) is 6.47. The third-order valence-electron chi connectivity index (χ3n) is 4.13. The first kappa shape index (κ1) is 17.3. The lowest BCUT2D eigenvalue weighted by atomic mass is 10.3. The monoisotopic (exact) mass is 342 g/mol. The molecule has 2 aromatic rings. The molecule has 0 spiro atoms. The van der Waals surface area contributed by atoms with Gasteiger partial charge in [0.05, 0.1) is 0 Å². The fraction of sp³-hybridized carbons (Fsp3) is 0.529. The molecule has 0 saturated carbocycles. The van der Waals surface area contributed by atoms with Gasteiger partial charge in [-0.2, -0.15) is 4.98 Å². The van der Waals surface area contributed by atoms with Crippen molar-refractivity contribution in [2.24, 2.45) is 0 Å². The van der Waals surface area contributed by atoms with E-state index in [0.29, 0.717) is 0 Å². The Kier molecular flexibility index (Phi) is 5.95. The van der Waals surface area contributed by atoms with E-state index < -0.39 is 0 Å². The summed E-state index contributed by atoms with van der Waals surface area (Å²) in [5.41, 5.74) is 0. The molecule has 0 radical (unpaired) electrons. The maximum atomic E-state index is 4.65. The van der Waals surface area contributed by atoms with Gasteiger partial charge in [0, 0.05) is 51.3 Å². The number of piperazine rings is 1. The van der Waals surface area contributed by atoms with Gasteiger partial charge in [-0.15, -0.1) is 0 Å². The van der Waals surface area contributed by atoms with E-state index in [1.54, 1.807) is 12.4 Å². The zero-order valence-electron chi connectivity index (χ0n) is 15.0. The van der Waals surface area contributed by atoms with Gasteiger partial charge in [0.2, 0.25) is 11.9 Å². The standard InChI is InChI=1S/C17H26N8/c1-23(2)10-4-8-18-15-5-9-21-17(22-15)25-13-11-24(12-14-25)16-19-6-3-7-20-16/h3,5-7,9H,4,8,10-14H2,1-2H3,(H,18,21,22). The van der Waals surface area contributed by atoms with Crippen molar-refractivity contribution in [3.05, 3.63) is 30.7 Å². The zero-order chi connectivity index (χ0) is 17.5. The van der Waals surface area contributed by atoms with Gasteiger partial charge in [0.25, 0.3) is 0 Å². The largest absolute Gasteiger partial charge is 0.370 e. The molecule has 1 aliphatic rings. The minimum Gasteiger partial charge on any atom is -0.370 e. The fourth-order valence-corrected chi connectivity index (χ4v) is 2.77. The number of nitrogens with zero attached hydrogens (tertiary/aromatic N) is 7. The summed E-state index contributed by atoms with van der Waals surface area (Å²) in [6, 6.07) is 3.76. The van der Waals surface area contributed by atoms with E-state index in [4.69, 9.17) is 0 Å². The van der Waals surface area contributed by atoms with Crippen LogP contribution in [0.3, 0.4) is 0 Å². The first-order valence-electron chi connectivity index (χ1n) is 8.71. The SMILES string of the molecule is CN(C)CCCNc1ccnc(N2CCN(c3ncccn3)CC2)n1. The Morgan fingerprint density at radius 1 is 0.960 bits per heavy atom. The second kappa shape index (κ2) is 8.57. The molecule has 8 heteroatoms. The smallest absolute Gasteiger partial charge is 0.227 e. The van der Waals surface area contributed by atoms with Crippen molar-refractivity contribution in [2.75, 3.05) is 68.5 Å². The van der Waals surface area contributed by atoms with Gasteiger partial charge in [-0.1, -0.05) is 0 Å². The molecule has 0 amide bonds. The van der Waals surface area contributed by atoms with Crippen molar-refractivity contribution in [3.63, 3.8) is 0 Å². The van der Waals surface area contributed by atoms with E-state index >= 15 is 0 Å². The summed E-state index contributed by atoms with van der Waals surface area (Å²) in [6.45, 7) is 5.44. The van der Waals surface area contributed by atoms with Crippen molar-refractivity contribution in [1.29, 1.82) is 0 Å². The molecule has 0 aromatic carbocycles. The molecule has 1 saturated heterocycles. The van der Waals surface area contributed by atoms with Gasteiger partial charge < -0.3 is 20.0 Å². The number of anilines is 3. The molecule has 0 aliphatic carbocycles. The van der Waals surface area contributed by atoms with Gasteiger partial charge in [-0.05, 0) is 39.2 Å². The number of nitrogens with one attached hydrogen (secondary N) is 1. The van der Waals surface area contributed by atoms with E-state index in [9.17, 15) is 0 Å². The Morgan fingerprint density at radius 2 is 1.60 bits per heavy atom. The lowest BCUT2D eigenvalue weighted by Gasteiger charge is -2.34. The molecule has 3 rings (SSSR count). The van der Waals surface area contributed by atoms with Crippen LogP contribution in [0.15, 0.2) is 30.7 Å². The van der Waals surface area contributed by atoms with E-state index in [1.807, 2.05) is 18.3 Å². The number of aromatic nitrogens is 4. The predicted octanol–water partition coefficient (Wildman–Crippen LogP) is 0.957. The van der Waals surface area contributed by atoms with Crippen LogP contribution in [-0.4, -0.2) is 78.2 Å². The van der Waals surface area contributed by atoms with Gasteiger partial charge in [0.1, 0.15) is 5.82 Å². The van der Waals surface area contributed by atoms with E-state index in [2.05, 4.69) is 54.0 Å². The first-order valence-corrected chi connectivity index (χ1v) is 8.71. The van der Waals surface area contributed by atoms with E-state index in [-0.39, 0.29) is 0 Å². The average molecular weight is 342 g/mol. The molecule has 1 aliphatic heterocycles. The summed E-state index contributed by atoms with van der Waals surface area (Å²) >= 11 is 0. The maximum absolute atomic E-state index is 4.65. The molecule has 134 valence electrons. The van der Waals surface area contributed by atoms with Crippen LogP contribution in [0.5, 0.6) is 0 Å². The topological polar surface area (TPSA) is 73.3 Å². The van der Waals surface area contributed by atoms with Gasteiger partial charge >= 0.3 is 0 Å². The van der Waals surface area contributed by atoms with Crippen molar-refractivity contribution >= 4 is 17.7 Å². The summed E-state index contributed by atoms with van der Waals surface area (Å²) in [4.78, 5) is 24.3. The summed E-state index contributed by atoms with van der Waals surface area (Å²) in [7, 11) is 4.17. The second-order valence-corrected chi connectivity index (χ2v) is 6.35. The number of rotatable bonds is 7. The quantitative estimate of drug-likeness (QED) is 0.746. The molecule has 2 aromatic heterocycles. The molecule has 3 heterocycles. The summed E-state index contributed by atoms with van der Waals surface area (Å²) in [5, 5.41) is 3.38. The van der Waals surface area contributed by atoms with Crippen molar-refractivity contribution in [1.82, 2.24) is 24.8 Å². The van der Waals surface area contributed by atoms with Crippen LogP contribution in [-0.2, 0) is 0 Å². The minimum absolute atomic E-state index is 0.784. The third-order valence-corrected chi connectivity index (χ3v) is 4.13. The highest BCUT2D eigenvalue weighted by Crippen LogP contribution is 2.15. The first-order chi connectivity index (χ1) is 12.2. The highest BCUT2D eigenvalue weighted by atomic mass is 15.4. The number of hydrogen-bond donors (Lipinski definition) is 1. The van der Waals surface area contributed by atoms with Crippen LogP contribution < -0.4 is 15.1 Å². The second-order valence-electron chi connectivity index (χ2n) is 6.35. The normalized spacial score (nSPS) is 14.8.